The molecule has 6 nitrogen and oxygen atoms in total. The third kappa shape index (κ3) is 5.13. The predicted octanol–water partition coefficient (Wildman–Crippen LogP) is 4.61. The van der Waals surface area contributed by atoms with Crippen LogP contribution in [0.25, 0.3) is 0 Å². The molecule has 0 saturated carbocycles. The van der Waals surface area contributed by atoms with Crippen molar-refractivity contribution in [3.05, 3.63) is 102 Å². The Labute approximate surface area is 187 Å². The zero-order chi connectivity index (χ0) is 22.4. The molecule has 1 unspecified atom stereocenters. The van der Waals surface area contributed by atoms with Crippen molar-refractivity contribution in [2.24, 2.45) is 0 Å². The Bertz CT molecular complexity index is 1180. The van der Waals surface area contributed by atoms with E-state index in [0.29, 0.717) is 10.7 Å². The van der Waals surface area contributed by atoms with Crippen molar-refractivity contribution in [3.8, 4) is 0 Å². The molecule has 0 aliphatic carbocycles. The third-order valence-electron chi connectivity index (χ3n) is 4.65. The monoisotopic (exact) mass is 455 g/mol. The average Bonchev–Trinajstić information content (AvgIpc) is 2.78. The second-order valence-corrected chi connectivity index (χ2v) is 9.05. The molecule has 31 heavy (non-hydrogen) atoms. The number of amides is 1. The molecule has 0 aliphatic rings. The summed E-state index contributed by atoms with van der Waals surface area (Å²) in [5.74, 6) is -0.380. The van der Waals surface area contributed by atoms with Crippen molar-refractivity contribution in [2.45, 2.75) is 17.9 Å². The summed E-state index contributed by atoms with van der Waals surface area (Å²) >= 11 is 6.24. The number of pyridine rings is 1. The molecule has 0 spiro atoms. The Morgan fingerprint density at radius 1 is 1.16 bits per heavy atom. The number of hydrogen-bond acceptors (Lipinski definition) is 4. The molecule has 3 aromatic rings. The van der Waals surface area contributed by atoms with Gasteiger partial charge in [-0.15, -0.1) is 6.58 Å². The molecule has 1 aromatic heterocycles. The van der Waals surface area contributed by atoms with E-state index < -0.39 is 10.0 Å². The van der Waals surface area contributed by atoms with Crippen LogP contribution in [0.3, 0.4) is 0 Å². The quantitative estimate of drug-likeness (QED) is 0.503. The topological polar surface area (TPSA) is 79.4 Å². The van der Waals surface area contributed by atoms with Gasteiger partial charge in [0.05, 0.1) is 28.2 Å². The van der Waals surface area contributed by atoms with Gasteiger partial charge in [-0.25, -0.2) is 8.42 Å². The summed E-state index contributed by atoms with van der Waals surface area (Å²) in [5.41, 5.74) is 1.47. The Morgan fingerprint density at radius 3 is 2.55 bits per heavy atom. The van der Waals surface area contributed by atoms with E-state index in [-0.39, 0.29) is 29.0 Å². The highest BCUT2D eigenvalue weighted by Crippen LogP contribution is 2.30. The molecule has 8 heteroatoms. The number of halogens is 1. The lowest BCUT2D eigenvalue weighted by Crippen LogP contribution is -2.32. The molecule has 1 heterocycles. The lowest BCUT2D eigenvalue weighted by Gasteiger charge is -2.24. The fourth-order valence-electron chi connectivity index (χ4n) is 3.04. The first-order chi connectivity index (χ1) is 14.8. The first-order valence-corrected chi connectivity index (χ1v) is 11.4. The summed E-state index contributed by atoms with van der Waals surface area (Å²) in [6.45, 7) is 5.53. The fraction of sp³-hybridized carbons (Fsp3) is 0.130. The number of anilines is 1. The number of benzene rings is 2. The normalized spacial score (nSPS) is 12.1. The van der Waals surface area contributed by atoms with Crippen LogP contribution in [0.2, 0.25) is 5.02 Å². The number of carbonyl (C=O) groups is 1. The van der Waals surface area contributed by atoms with Gasteiger partial charge >= 0.3 is 0 Å². The molecule has 1 N–H and O–H groups in total. The fourth-order valence-corrected chi connectivity index (χ4v) is 4.83. The second kappa shape index (κ2) is 9.76. The maximum Gasteiger partial charge on any atom is 0.264 e. The lowest BCUT2D eigenvalue weighted by molar-refractivity contribution is 0.0939. The molecule has 0 aliphatic heterocycles. The van der Waals surface area contributed by atoms with Crippen LogP contribution >= 0.6 is 11.6 Å². The largest absolute Gasteiger partial charge is 0.346 e. The van der Waals surface area contributed by atoms with Gasteiger partial charge in [-0.1, -0.05) is 35.9 Å². The molecule has 3 rings (SSSR count). The van der Waals surface area contributed by atoms with E-state index in [1.165, 1.54) is 28.6 Å². The van der Waals surface area contributed by atoms with Crippen LogP contribution in [0.1, 0.15) is 28.9 Å². The molecule has 0 bridgehead atoms. The maximum atomic E-state index is 13.4. The molecule has 1 atom stereocenters. The van der Waals surface area contributed by atoms with E-state index >= 15 is 0 Å². The Hall–Kier alpha value is -3.16. The molecule has 0 radical (unpaired) electrons. The summed E-state index contributed by atoms with van der Waals surface area (Å²) in [7, 11) is -3.99. The summed E-state index contributed by atoms with van der Waals surface area (Å²) < 4.78 is 27.9. The van der Waals surface area contributed by atoms with E-state index in [0.717, 1.165) is 5.56 Å². The number of carbonyl (C=O) groups excluding carboxylic acids is 1. The number of nitrogens with one attached hydrogen (secondary N) is 1. The van der Waals surface area contributed by atoms with Crippen molar-refractivity contribution < 1.29 is 13.2 Å². The van der Waals surface area contributed by atoms with Gasteiger partial charge in [-0.2, -0.15) is 0 Å². The highest BCUT2D eigenvalue weighted by molar-refractivity contribution is 7.92. The average molecular weight is 456 g/mol. The molecule has 0 fully saturated rings. The number of para-hydroxylation sites is 1. The lowest BCUT2D eigenvalue weighted by atomic mass is 10.1. The summed E-state index contributed by atoms with van der Waals surface area (Å²) in [4.78, 5) is 16.7. The Kier molecular flexibility index (Phi) is 7.09. The van der Waals surface area contributed by atoms with E-state index in [1.54, 1.807) is 42.7 Å². The predicted molar refractivity (Wildman–Crippen MR) is 123 cm³/mol. The number of rotatable bonds is 8. The van der Waals surface area contributed by atoms with Crippen molar-refractivity contribution in [3.63, 3.8) is 0 Å². The van der Waals surface area contributed by atoms with Crippen molar-refractivity contribution in [1.82, 2.24) is 10.3 Å². The number of nitrogens with zero attached hydrogens (tertiary/aromatic N) is 2. The van der Waals surface area contributed by atoms with Crippen molar-refractivity contribution >= 4 is 33.2 Å². The van der Waals surface area contributed by atoms with Crippen LogP contribution in [-0.2, 0) is 10.0 Å². The van der Waals surface area contributed by atoms with Crippen LogP contribution in [0, 0.1) is 0 Å². The van der Waals surface area contributed by atoms with Crippen LogP contribution in [0.15, 0.2) is 90.6 Å². The van der Waals surface area contributed by atoms with E-state index in [9.17, 15) is 13.2 Å². The molecule has 160 valence electrons. The first-order valence-electron chi connectivity index (χ1n) is 9.53. The highest BCUT2D eigenvalue weighted by atomic mass is 35.5. The van der Waals surface area contributed by atoms with Gasteiger partial charge in [-0.3, -0.25) is 14.1 Å². The molecular weight excluding hydrogens is 434 g/mol. The van der Waals surface area contributed by atoms with Crippen LogP contribution in [0.4, 0.5) is 5.69 Å². The Morgan fingerprint density at radius 2 is 1.87 bits per heavy atom. The standard InChI is InChI=1S/C23H22ClN3O3S/c1-3-15-27(22-10-5-4-9-21(22)24)31(29,30)20-8-6-7-19(16-20)23(28)26-17(2)18-11-13-25-14-12-18/h3-14,16-17H,1,15H2,2H3,(H,26,28). The summed E-state index contributed by atoms with van der Waals surface area (Å²) in [5, 5.41) is 3.17. The molecule has 1 amide bonds. The van der Waals surface area contributed by atoms with E-state index in [4.69, 9.17) is 11.6 Å². The summed E-state index contributed by atoms with van der Waals surface area (Å²) in [6.07, 6.45) is 4.77. The molecule has 0 saturated heterocycles. The van der Waals surface area contributed by atoms with E-state index in [1.807, 2.05) is 19.1 Å². The molecular formula is C23H22ClN3O3S. The van der Waals surface area contributed by atoms with Crippen LogP contribution in [0.5, 0.6) is 0 Å². The second-order valence-electron chi connectivity index (χ2n) is 6.78. The number of sulfonamides is 1. The van der Waals surface area contributed by atoms with E-state index in [2.05, 4.69) is 16.9 Å². The maximum absolute atomic E-state index is 13.4. The number of aromatic nitrogens is 1. The smallest absolute Gasteiger partial charge is 0.264 e. The van der Waals surface area contributed by atoms with Gasteiger partial charge in [0.2, 0.25) is 0 Å². The van der Waals surface area contributed by atoms with Gasteiger partial charge < -0.3 is 5.32 Å². The minimum absolute atomic E-state index is 0.0153. The van der Waals surface area contributed by atoms with Crippen molar-refractivity contribution in [2.75, 3.05) is 10.8 Å². The number of hydrogen-bond donors (Lipinski definition) is 1. The van der Waals surface area contributed by atoms with Crippen LogP contribution in [-0.4, -0.2) is 25.9 Å². The van der Waals surface area contributed by atoms with Gasteiger partial charge in [0.1, 0.15) is 0 Å². The van der Waals surface area contributed by atoms with Gasteiger partial charge in [0.25, 0.3) is 15.9 Å². The minimum atomic E-state index is -3.99. The van der Waals surface area contributed by atoms with Gasteiger partial charge in [-0.05, 0) is 55.0 Å². The summed E-state index contributed by atoms with van der Waals surface area (Å²) in [6, 6.07) is 15.9. The zero-order valence-corrected chi connectivity index (χ0v) is 18.5. The zero-order valence-electron chi connectivity index (χ0n) is 16.9. The molecule has 2 aromatic carbocycles. The van der Waals surface area contributed by atoms with Gasteiger partial charge in [0, 0.05) is 18.0 Å². The highest BCUT2D eigenvalue weighted by Gasteiger charge is 2.26. The van der Waals surface area contributed by atoms with Crippen molar-refractivity contribution in [1.29, 1.82) is 0 Å². The minimum Gasteiger partial charge on any atom is -0.346 e. The third-order valence-corrected chi connectivity index (χ3v) is 6.75. The first kappa shape index (κ1) is 22.5. The Balaban J connectivity index is 1.91. The SMILES string of the molecule is C=CCN(c1ccccc1Cl)S(=O)(=O)c1cccc(C(=O)NC(C)c2ccncc2)c1. The van der Waals surface area contributed by atoms with Gasteiger partial charge in [0.15, 0.2) is 0 Å². The van der Waals surface area contributed by atoms with Crippen LogP contribution < -0.4 is 9.62 Å².